The molecular formula is C14H19N5. The molecule has 2 aromatic rings. The normalized spacial score (nSPS) is 10.2. The van der Waals surface area contributed by atoms with E-state index in [0.717, 1.165) is 30.3 Å². The van der Waals surface area contributed by atoms with Crippen molar-refractivity contribution < 1.29 is 0 Å². The molecule has 5 nitrogen and oxygen atoms in total. The van der Waals surface area contributed by atoms with E-state index >= 15 is 0 Å². The Hall–Kier alpha value is -2.17. The quantitative estimate of drug-likeness (QED) is 0.747. The van der Waals surface area contributed by atoms with Gasteiger partial charge in [-0.25, -0.2) is 9.97 Å². The van der Waals surface area contributed by atoms with Gasteiger partial charge in [0.05, 0.1) is 12.2 Å². The molecule has 0 aliphatic rings. The highest BCUT2D eigenvalue weighted by molar-refractivity contribution is 5.46. The van der Waals surface area contributed by atoms with Gasteiger partial charge in [-0.05, 0) is 18.6 Å². The third kappa shape index (κ3) is 4.54. The summed E-state index contributed by atoms with van der Waals surface area (Å²) in [5.74, 6) is 1.66. The number of hydrogen-bond donors (Lipinski definition) is 2. The van der Waals surface area contributed by atoms with Crippen LogP contribution in [0.25, 0.3) is 0 Å². The fourth-order valence-electron chi connectivity index (χ4n) is 1.63. The van der Waals surface area contributed by atoms with Crippen molar-refractivity contribution in [1.29, 1.82) is 0 Å². The fraction of sp³-hybridized carbons (Fsp3) is 0.357. The Kier molecular flexibility index (Phi) is 5.10. The molecule has 0 bridgehead atoms. The minimum absolute atomic E-state index is 0.659. The Morgan fingerprint density at radius 3 is 2.63 bits per heavy atom. The first-order valence-corrected chi connectivity index (χ1v) is 6.58. The number of anilines is 2. The van der Waals surface area contributed by atoms with Crippen LogP contribution in [0.3, 0.4) is 0 Å². The van der Waals surface area contributed by atoms with Crippen LogP contribution in [-0.4, -0.2) is 21.5 Å². The van der Waals surface area contributed by atoms with Crippen LogP contribution in [0.2, 0.25) is 0 Å². The van der Waals surface area contributed by atoms with Gasteiger partial charge in [0.15, 0.2) is 0 Å². The highest BCUT2D eigenvalue weighted by atomic mass is 15.1. The van der Waals surface area contributed by atoms with E-state index in [1.165, 1.54) is 6.42 Å². The van der Waals surface area contributed by atoms with Gasteiger partial charge in [0.1, 0.15) is 18.0 Å². The van der Waals surface area contributed by atoms with E-state index in [-0.39, 0.29) is 0 Å². The number of unbranched alkanes of at least 4 members (excludes halogenated alkanes) is 1. The minimum Gasteiger partial charge on any atom is -0.370 e. The number of aromatic nitrogens is 3. The Bertz CT molecular complexity index is 486. The van der Waals surface area contributed by atoms with Crippen molar-refractivity contribution in [3.05, 3.63) is 42.5 Å². The van der Waals surface area contributed by atoms with E-state index in [0.29, 0.717) is 6.54 Å². The lowest BCUT2D eigenvalue weighted by atomic mass is 10.3. The van der Waals surface area contributed by atoms with Crippen LogP contribution in [-0.2, 0) is 6.54 Å². The molecule has 2 heterocycles. The molecule has 0 fully saturated rings. The molecule has 0 unspecified atom stereocenters. The van der Waals surface area contributed by atoms with Gasteiger partial charge in [0, 0.05) is 18.8 Å². The van der Waals surface area contributed by atoms with Crippen LogP contribution < -0.4 is 10.6 Å². The van der Waals surface area contributed by atoms with Gasteiger partial charge in [-0.2, -0.15) is 0 Å². The van der Waals surface area contributed by atoms with Crippen molar-refractivity contribution in [1.82, 2.24) is 15.0 Å². The first kappa shape index (κ1) is 13.3. The molecule has 100 valence electrons. The molecule has 2 aromatic heterocycles. The predicted molar refractivity (Wildman–Crippen MR) is 77.0 cm³/mol. The summed E-state index contributed by atoms with van der Waals surface area (Å²) in [6.07, 6.45) is 5.66. The second-order valence-corrected chi connectivity index (χ2v) is 4.24. The van der Waals surface area contributed by atoms with E-state index in [9.17, 15) is 0 Å². The summed E-state index contributed by atoms with van der Waals surface area (Å²) in [5, 5.41) is 6.52. The van der Waals surface area contributed by atoms with Gasteiger partial charge in [-0.15, -0.1) is 0 Å². The van der Waals surface area contributed by atoms with Crippen LogP contribution in [0, 0.1) is 0 Å². The van der Waals surface area contributed by atoms with E-state index in [1.807, 2.05) is 24.3 Å². The van der Waals surface area contributed by atoms with Gasteiger partial charge in [0.2, 0.25) is 0 Å². The fourth-order valence-corrected chi connectivity index (χ4v) is 1.63. The van der Waals surface area contributed by atoms with Crippen molar-refractivity contribution in [2.75, 3.05) is 17.2 Å². The van der Waals surface area contributed by atoms with E-state index < -0.39 is 0 Å². The second kappa shape index (κ2) is 7.31. The Balaban J connectivity index is 1.88. The molecule has 19 heavy (non-hydrogen) atoms. The van der Waals surface area contributed by atoms with Gasteiger partial charge < -0.3 is 10.6 Å². The Labute approximate surface area is 113 Å². The van der Waals surface area contributed by atoms with Crippen LogP contribution in [0.4, 0.5) is 11.6 Å². The number of pyridine rings is 1. The maximum absolute atomic E-state index is 4.26. The van der Waals surface area contributed by atoms with Crippen molar-refractivity contribution >= 4 is 11.6 Å². The van der Waals surface area contributed by atoms with Gasteiger partial charge in [-0.1, -0.05) is 19.4 Å². The van der Waals surface area contributed by atoms with Crippen LogP contribution in [0.1, 0.15) is 25.5 Å². The minimum atomic E-state index is 0.659. The van der Waals surface area contributed by atoms with Crippen molar-refractivity contribution in [3.63, 3.8) is 0 Å². The Morgan fingerprint density at radius 1 is 1.05 bits per heavy atom. The summed E-state index contributed by atoms with van der Waals surface area (Å²) >= 11 is 0. The zero-order chi connectivity index (χ0) is 13.3. The van der Waals surface area contributed by atoms with Crippen LogP contribution >= 0.6 is 0 Å². The smallest absolute Gasteiger partial charge is 0.131 e. The van der Waals surface area contributed by atoms with Crippen LogP contribution in [0.5, 0.6) is 0 Å². The molecular weight excluding hydrogens is 238 g/mol. The summed E-state index contributed by atoms with van der Waals surface area (Å²) < 4.78 is 0. The molecule has 0 saturated heterocycles. The van der Waals surface area contributed by atoms with Gasteiger partial charge in [-0.3, -0.25) is 4.98 Å². The monoisotopic (exact) mass is 257 g/mol. The van der Waals surface area contributed by atoms with Gasteiger partial charge >= 0.3 is 0 Å². The lowest BCUT2D eigenvalue weighted by Crippen LogP contribution is -2.06. The van der Waals surface area contributed by atoms with E-state index in [2.05, 4.69) is 32.5 Å². The van der Waals surface area contributed by atoms with Gasteiger partial charge in [0.25, 0.3) is 0 Å². The maximum Gasteiger partial charge on any atom is 0.131 e. The summed E-state index contributed by atoms with van der Waals surface area (Å²) in [6.45, 7) is 3.76. The standard InChI is InChI=1S/C14H19N5/c1-2-3-7-16-13-9-14(19-11-18-13)17-10-12-6-4-5-8-15-12/h4-6,8-9,11H,2-3,7,10H2,1H3,(H2,16,17,18,19). The van der Waals surface area contributed by atoms with E-state index in [4.69, 9.17) is 0 Å². The highest BCUT2D eigenvalue weighted by Crippen LogP contribution is 2.09. The third-order valence-corrected chi connectivity index (χ3v) is 2.68. The summed E-state index contributed by atoms with van der Waals surface area (Å²) in [6, 6.07) is 7.78. The third-order valence-electron chi connectivity index (χ3n) is 2.68. The molecule has 0 saturated carbocycles. The molecule has 0 atom stereocenters. The average molecular weight is 257 g/mol. The first-order chi connectivity index (χ1) is 9.38. The van der Waals surface area contributed by atoms with Crippen LogP contribution in [0.15, 0.2) is 36.8 Å². The first-order valence-electron chi connectivity index (χ1n) is 6.58. The molecule has 0 spiro atoms. The maximum atomic E-state index is 4.26. The predicted octanol–water partition coefficient (Wildman–Crippen LogP) is 2.70. The molecule has 0 aromatic carbocycles. The lowest BCUT2D eigenvalue weighted by molar-refractivity contribution is 0.830. The molecule has 2 rings (SSSR count). The Morgan fingerprint density at radius 2 is 1.89 bits per heavy atom. The number of nitrogens with zero attached hydrogens (tertiary/aromatic N) is 3. The molecule has 0 radical (unpaired) electrons. The zero-order valence-electron chi connectivity index (χ0n) is 11.1. The molecule has 0 aliphatic heterocycles. The number of hydrogen-bond acceptors (Lipinski definition) is 5. The number of nitrogens with one attached hydrogen (secondary N) is 2. The topological polar surface area (TPSA) is 62.7 Å². The largest absolute Gasteiger partial charge is 0.370 e. The molecule has 0 amide bonds. The number of rotatable bonds is 7. The van der Waals surface area contributed by atoms with E-state index in [1.54, 1.807) is 12.5 Å². The van der Waals surface area contributed by atoms with Crippen molar-refractivity contribution in [3.8, 4) is 0 Å². The van der Waals surface area contributed by atoms with Crippen molar-refractivity contribution in [2.24, 2.45) is 0 Å². The molecule has 0 aliphatic carbocycles. The molecule has 5 heteroatoms. The SMILES string of the molecule is CCCCNc1cc(NCc2ccccn2)ncn1. The zero-order valence-corrected chi connectivity index (χ0v) is 11.1. The molecule has 2 N–H and O–H groups in total. The summed E-state index contributed by atoms with van der Waals surface area (Å²) in [4.78, 5) is 12.6. The summed E-state index contributed by atoms with van der Waals surface area (Å²) in [7, 11) is 0. The van der Waals surface area contributed by atoms with Crippen molar-refractivity contribution in [2.45, 2.75) is 26.3 Å². The average Bonchev–Trinajstić information content (AvgIpc) is 2.47. The second-order valence-electron chi connectivity index (χ2n) is 4.24. The summed E-state index contributed by atoms with van der Waals surface area (Å²) in [5.41, 5.74) is 0.988. The lowest BCUT2D eigenvalue weighted by Gasteiger charge is -2.08. The highest BCUT2D eigenvalue weighted by Gasteiger charge is 1.99.